The third kappa shape index (κ3) is 5.04. The lowest BCUT2D eigenvalue weighted by molar-refractivity contribution is 0.102. The number of hydrogen-bond donors (Lipinski definition) is 1. The Morgan fingerprint density at radius 3 is 2.58 bits per heavy atom. The maximum atomic E-state index is 14.2. The van der Waals surface area contributed by atoms with Crippen molar-refractivity contribution in [2.45, 2.75) is 71.0 Å². The van der Waals surface area contributed by atoms with Crippen LogP contribution >= 0.6 is 0 Å². The van der Waals surface area contributed by atoms with Gasteiger partial charge in [-0.1, -0.05) is 19.4 Å². The van der Waals surface area contributed by atoms with Gasteiger partial charge in [0.05, 0.1) is 22.9 Å². The minimum Gasteiger partial charge on any atom is -0.320 e. The average Bonchev–Trinajstić information content (AvgIpc) is 3.21. The number of aromatic nitrogens is 3. The second-order valence-electron chi connectivity index (χ2n) is 9.33. The maximum Gasteiger partial charge on any atom is 0.274 e. The van der Waals surface area contributed by atoms with Gasteiger partial charge >= 0.3 is 0 Å². The molecule has 0 aliphatic heterocycles. The largest absolute Gasteiger partial charge is 0.320 e. The van der Waals surface area contributed by atoms with Crippen molar-refractivity contribution < 1.29 is 18.0 Å². The van der Waals surface area contributed by atoms with Crippen LogP contribution in [0.25, 0.3) is 10.9 Å². The Morgan fingerprint density at radius 1 is 1.21 bits per heavy atom. The lowest BCUT2D eigenvalue weighted by Crippen LogP contribution is -2.18. The van der Waals surface area contributed by atoms with Gasteiger partial charge in [-0.25, -0.2) is 18.2 Å². The number of carbonyl (C=O) groups is 1. The van der Waals surface area contributed by atoms with E-state index in [9.17, 15) is 18.0 Å². The molecule has 2 aromatic heterocycles. The molecule has 176 valence electrons. The molecule has 5 nitrogen and oxygen atoms in total. The summed E-state index contributed by atoms with van der Waals surface area (Å²) in [6.07, 6.45) is 4.57. The molecule has 1 fully saturated rings. The second kappa shape index (κ2) is 9.15. The summed E-state index contributed by atoms with van der Waals surface area (Å²) < 4.78 is 43.8. The Kier molecular flexibility index (Phi) is 6.45. The number of halogens is 3. The zero-order valence-corrected chi connectivity index (χ0v) is 19.1. The van der Waals surface area contributed by atoms with E-state index < -0.39 is 18.0 Å². The summed E-state index contributed by atoms with van der Waals surface area (Å²) >= 11 is 0. The molecule has 4 rings (SSSR count). The highest BCUT2D eigenvalue weighted by Crippen LogP contribution is 2.36. The molecule has 1 aromatic carbocycles. The number of hydrogen-bond acceptors (Lipinski definition) is 3. The van der Waals surface area contributed by atoms with Crippen LogP contribution in [0.5, 0.6) is 0 Å². The third-order valence-corrected chi connectivity index (χ3v) is 6.54. The van der Waals surface area contributed by atoms with Crippen molar-refractivity contribution in [3.05, 3.63) is 53.5 Å². The Hall–Kier alpha value is -2.90. The van der Waals surface area contributed by atoms with Gasteiger partial charge in [-0.2, -0.15) is 5.10 Å². The van der Waals surface area contributed by atoms with Crippen LogP contribution in [0.3, 0.4) is 0 Å². The van der Waals surface area contributed by atoms with E-state index in [1.807, 2.05) is 10.9 Å². The van der Waals surface area contributed by atoms with E-state index in [0.29, 0.717) is 10.9 Å². The lowest BCUT2D eigenvalue weighted by Gasteiger charge is -2.27. The molecule has 33 heavy (non-hydrogen) atoms. The van der Waals surface area contributed by atoms with Gasteiger partial charge < -0.3 is 5.32 Å². The van der Waals surface area contributed by atoms with Gasteiger partial charge in [0, 0.05) is 17.1 Å². The summed E-state index contributed by atoms with van der Waals surface area (Å²) in [5, 5.41) is 7.78. The average molecular weight is 459 g/mol. The quantitative estimate of drug-likeness (QED) is 0.434. The Balaban J connectivity index is 1.62. The van der Waals surface area contributed by atoms with Gasteiger partial charge in [0.1, 0.15) is 11.4 Å². The summed E-state index contributed by atoms with van der Waals surface area (Å²) in [4.78, 5) is 16.8. The molecule has 1 aliphatic carbocycles. The molecule has 1 amide bonds. The van der Waals surface area contributed by atoms with Gasteiger partial charge in [0.25, 0.3) is 12.3 Å². The number of carbonyl (C=O) groups excluding carboxylic acids is 1. The van der Waals surface area contributed by atoms with Crippen LogP contribution in [0.2, 0.25) is 0 Å². The molecule has 3 aromatic rings. The number of nitrogens with one attached hydrogen (secondary N) is 1. The molecule has 1 N–H and O–H groups in total. The minimum atomic E-state index is -2.79. The second-order valence-corrected chi connectivity index (χ2v) is 9.33. The number of amides is 1. The number of alkyl halides is 3. The first-order valence-electron chi connectivity index (χ1n) is 11.4. The first-order chi connectivity index (χ1) is 15.7. The molecule has 0 unspecified atom stereocenters. The predicted molar refractivity (Wildman–Crippen MR) is 122 cm³/mol. The minimum absolute atomic E-state index is 0.00320. The number of anilines is 1. The summed E-state index contributed by atoms with van der Waals surface area (Å²) in [5.41, 5.74) is -1.50. The van der Waals surface area contributed by atoms with Crippen molar-refractivity contribution in [1.29, 1.82) is 0 Å². The van der Waals surface area contributed by atoms with Crippen molar-refractivity contribution in [2.24, 2.45) is 5.92 Å². The number of fused-ring (bicyclic) bond motifs is 1. The van der Waals surface area contributed by atoms with Crippen molar-refractivity contribution in [3.8, 4) is 0 Å². The van der Waals surface area contributed by atoms with Gasteiger partial charge in [-0.15, -0.1) is 0 Å². The van der Waals surface area contributed by atoms with Crippen LogP contribution in [-0.2, 0) is 5.67 Å². The SMILES string of the molecule is CC[C@H]1CC[C@H](n2cc3cc(NC(=O)c4cccc(C(C)(C)F)n4)c(C(F)F)cc3n2)CC1. The van der Waals surface area contributed by atoms with Crippen LogP contribution in [0.4, 0.5) is 18.9 Å². The maximum absolute atomic E-state index is 14.2. The van der Waals surface area contributed by atoms with Crippen LogP contribution in [-0.4, -0.2) is 20.7 Å². The van der Waals surface area contributed by atoms with Crippen molar-refractivity contribution in [1.82, 2.24) is 14.8 Å². The van der Waals surface area contributed by atoms with Crippen LogP contribution < -0.4 is 5.32 Å². The third-order valence-electron chi connectivity index (χ3n) is 6.54. The fourth-order valence-electron chi connectivity index (χ4n) is 4.48. The Bertz CT molecular complexity index is 1140. The van der Waals surface area contributed by atoms with E-state index in [1.165, 1.54) is 50.6 Å². The lowest BCUT2D eigenvalue weighted by atomic mass is 9.85. The molecular formula is C25H29F3N4O. The highest BCUT2D eigenvalue weighted by molar-refractivity contribution is 6.04. The summed E-state index contributed by atoms with van der Waals surface area (Å²) in [6.45, 7) is 4.89. The van der Waals surface area contributed by atoms with Gasteiger partial charge in [-0.05, 0) is 69.7 Å². The smallest absolute Gasteiger partial charge is 0.274 e. The van der Waals surface area contributed by atoms with Crippen molar-refractivity contribution in [3.63, 3.8) is 0 Å². The van der Waals surface area contributed by atoms with E-state index in [0.717, 1.165) is 31.6 Å². The molecule has 1 saturated carbocycles. The first-order valence-corrected chi connectivity index (χ1v) is 11.4. The fraction of sp³-hybridized carbons (Fsp3) is 0.480. The van der Waals surface area contributed by atoms with Gasteiger partial charge in [0.15, 0.2) is 0 Å². The van der Waals surface area contributed by atoms with Crippen molar-refractivity contribution >= 4 is 22.5 Å². The topological polar surface area (TPSA) is 59.8 Å². The Morgan fingerprint density at radius 2 is 1.94 bits per heavy atom. The summed E-state index contributed by atoms with van der Waals surface area (Å²) in [5.74, 6) is 0.0705. The number of benzene rings is 1. The van der Waals surface area contributed by atoms with E-state index in [4.69, 9.17) is 0 Å². The molecule has 2 heterocycles. The van der Waals surface area contributed by atoms with E-state index >= 15 is 0 Å². The number of pyridine rings is 1. The molecule has 1 aliphatic rings. The van der Waals surface area contributed by atoms with E-state index in [-0.39, 0.29) is 28.7 Å². The fourth-order valence-corrected chi connectivity index (χ4v) is 4.48. The molecule has 8 heteroatoms. The summed E-state index contributed by atoms with van der Waals surface area (Å²) in [7, 11) is 0. The van der Waals surface area contributed by atoms with Crippen LogP contribution in [0, 0.1) is 5.92 Å². The summed E-state index contributed by atoms with van der Waals surface area (Å²) in [6, 6.07) is 7.54. The Labute approximate surface area is 191 Å². The van der Waals surface area contributed by atoms with Gasteiger partial charge in [0.2, 0.25) is 0 Å². The zero-order valence-electron chi connectivity index (χ0n) is 19.1. The van der Waals surface area contributed by atoms with Crippen molar-refractivity contribution in [2.75, 3.05) is 5.32 Å². The first kappa shape index (κ1) is 23.3. The predicted octanol–water partition coefficient (Wildman–Crippen LogP) is 6.97. The molecule has 0 atom stereocenters. The zero-order chi connectivity index (χ0) is 23.8. The highest BCUT2D eigenvalue weighted by atomic mass is 19.3. The normalized spacial score (nSPS) is 19.2. The van der Waals surface area contributed by atoms with Gasteiger partial charge in [-0.3, -0.25) is 9.48 Å². The molecule has 0 bridgehead atoms. The number of rotatable bonds is 6. The monoisotopic (exact) mass is 458 g/mol. The number of nitrogens with zero attached hydrogens (tertiary/aromatic N) is 3. The molecular weight excluding hydrogens is 429 g/mol. The van der Waals surface area contributed by atoms with Crippen LogP contribution in [0.1, 0.15) is 87.1 Å². The van der Waals surface area contributed by atoms with E-state index in [2.05, 4.69) is 22.3 Å². The highest BCUT2D eigenvalue weighted by Gasteiger charge is 2.25. The van der Waals surface area contributed by atoms with E-state index in [1.54, 1.807) is 0 Å². The van der Waals surface area contributed by atoms with Crippen LogP contribution in [0.15, 0.2) is 36.5 Å². The molecule has 0 radical (unpaired) electrons. The standard InChI is InChI=1S/C25H29F3N4O/c1-4-15-8-10-17(11-9-15)32-14-16-12-21(18(23(26)27)13-20(16)31-32)30-24(33)19-6-5-7-22(29-19)25(2,3)28/h5-7,12-15,17,23H,4,8-11H2,1-3H3,(H,30,33)/t15-,17-. The molecule has 0 saturated heterocycles. The molecule has 0 spiro atoms.